The highest BCUT2D eigenvalue weighted by atomic mass is 35.5. The summed E-state index contributed by atoms with van der Waals surface area (Å²) < 4.78 is 1.74. The number of imidazole rings is 1. The Morgan fingerprint density at radius 3 is 2.70 bits per heavy atom. The molecule has 0 bridgehead atoms. The Balaban J connectivity index is 2.48. The normalized spacial score (nSPS) is 12.6. The van der Waals surface area contributed by atoms with Crippen molar-refractivity contribution in [2.45, 2.75) is 26.8 Å². The fourth-order valence-electron chi connectivity index (χ4n) is 2.40. The van der Waals surface area contributed by atoms with E-state index < -0.39 is 6.04 Å². The topological polar surface area (TPSA) is 64.2 Å². The molecule has 6 heteroatoms. The third-order valence-electron chi connectivity index (χ3n) is 3.50. The van der Waals surface area contributed by atoms with E-state index in [-0.39, 0.29) is 5.91 Å². The van der Waals surface area contributed by atoms with E-state index in [2.05, 4.69) is 4.98 Å². The van der Waals surface area contributed by atoms with Gasteiger partial charge in [-0.25, -0.2) is 4.98 Å². The lowest BCUT2D eigenvalue weighted by molar-refractivity contribution is -0.133. The Hall–Kier alpha value is -1.75. The monoisotopic (exact) mass is 294 g/mol. The average molecular weight is 295 g/mol. The number of nitrogens with two attached hydrogens (primary N) is 1. The highest BCUT2D eigenvalue weighted by Crippen LogP contribution is 2.26. The number of aromatic nitrogens is 2. The van der Waals surface area contributed by atoms with Gasteiger partial charge in [0, 0.05) is 18.1 Å². The molecule has 1 unspecified atom stereocenters. The lowest BCUT2D eigenvalue weighted by Crippen LogP contribution is -2.36. The zero-order chi connectivity index (χ0) is 14.9. The number of fused-ring (bicyclic) bond motifs is 1. The van der Waals surface area contributed by atoms with Crippen molar-refractivity contribution in [2.24, 2.45) is 0 Å². The van der Waals surface area contributed by atoms with Crippen LogP contribution in [0.1, 0.15) is 26.8 Å². The van der Waals surface area contributed by atoms with Crippen molar-refractivity contribution in [3.05, 3.63) is 23.2 Å². The minimum Gasteiger partial charge on any atom is -0.369 e. The third kappa shape index (κ3) is 2.45. The van der Waals surface area contributed by atoms with Crippen LogP contribution in [0.2, 0.25) is 5.02 Å². The van der Waals surface area contributed by atoms with Gasteiger partial charge in [-0.2, -0.15) is 0 Å². The predicted octanol–water partition coefficient (Wildman–Crippen LogP) is 2.70. The van der Waals surface area contributed by atoms with E-state index in [1.165, 1.54) is 0 Å². The second-order valence-electron chi connectivity index (χ2n) is 4.66. The molecule has 1 aromatic carbocycles. The maximum Gasteiger partial charge on any atom is 0.245 e. The van der Waals surface area contributed by atoms with E-state index in [0.717, 1.165) is 11.0 Å². The molecule has 1 heterocycles. The predicted molar refractivity (Wildman–Crippen MR) is 81.8 cm³/mol. The highest BCUT2D eigenvalue weighted by molar-refractivity contribution is 6.31. The van der Waals surface area contributed by atoms with Crippen molar-refractivity contribution in [2.75, 3.05) is 18.8 Å². The number of nitrogens with zero attached hydrogens (tertiary/aromatic N) is 3. The van der Waals surface area contributed by atoms with Crippen LogP contribution in [-0.4, -0.2) is 33.4 Å². The number of halogens is 1. The highest BCUT2D eigenvalue weighted by Gasteiger charge is 2.23. The number of nitrogen functional groups attached to an aromatic ring is 1. The molecule has 108 valence electrons. The average Bonchev–Trinajstić information content (AvgIpc) is 2.74. The summed E-state index contributed by atoms with van der Waals surface area (Å²) in [6.45, 7) is 7.10. The lowest BCUT2D eigenvalue weighted by atomic mass is 10.2. The van der Waals surface area contributed by atoms with E-state index in [0.29, 0.717) is 24.1 Å². The zero-order valence-corrected chi connectivity index (χ0v) is 12.7. The van der Waals surface area contributed by atoms with Crippen LogP contribution in [0.3, 0.4) is 0 Å². The molecule has 0 spiro atoms. The Kier molecular flexibility index (Phi) is 4.18. The van der Waals surface area contributed by atoms with Crippen molar-refractivity contribution < 1.29 is 4.79 Å². The first kappa shape index (κ1) is 14.7. The number of likely N-dealkylation sites (N-methyl/N-ethyl adjacent to an activating group) is 1. The fraction of sp³-hybridized carbons (Fsp3) is 0.429. The van der Waals surface area contributed by atoms with Crippen LogP contribution in [0.15, 0.2) is 18.2 Å². The SMILES string of the molecule is CCN(CC)C(=O)C(C)n1c(N)nc2ccc(Cl)cc21. The van der Waals surface area contributed by atoms with Gasteiger partial charge in [0.2, 0.25) is 11.9 Å². The Morgan fingerprint density at radius 2 is 2.10 bits per heavy atom. The minimum atomic E-state index is -0.404. The van der Waals surface area contributed by atoms with Crippen molar-refractivity contribution in [3.63, 3.8) is 0 Å². The minimum absolute atomic E-state index is 0.0287. The largest absolute Gasteiger partial charge is 0.369 e. The van der Waals surface area contributed by atoms with Crippen LogP contribution in [0, 0.1) is 0 Å². The second-order valence-corrected chi connectivity index (χ2v) is 5.10. The van der Waals surface area contributed by atoms with Gasteiger partial charge < -0.3 is 10.6 Å². The van der Waals surface area contributed by atoms with Gasteiger partial charge in [0.05, 0.1) is 11.0 Å². The van der Waals surface area contributed by atoms with Gasteiger partial charge in [-0.3, -0.25) is 9.36 Å². The fourth-order valence-corrected chi connectivity index (χ4v) is 2.57. The van der Waals surface area contributed by atoms with Gasteiger partial charge in [-0.05, 0) is 39.0 Å². The second kappa shape index (κ2) is 5.71. The first-order chi connectivity index (χ1) is 9.49. The van der Waals surface area contributed by atoms with Crippen LogP contribution in [-0.2, 0) is 4.79 Å². The summed E-state index contributed by atoms with van der Waals surface area (Å²) in [5.74, 6) is 0.358. The molecule has 0 aliphatic rings. The molecule has 1 aromatic heterocycles. The van der Waals surface area contributed by atoms with Crippen LogP contribution in [0.25, 0.3) is 11.0 Å². The summed E-state index contributed by atoms with van der Waals surface area (Å²) in [4.78, 5) is 18.5. The summed E-state index contributed by atoms with van der Waals surface area (Å²) in [6, 6.07) is 4.95. The molecule has 0 fully saturated rings. The van der Waals surface area contributed by atoms with Gasteiger partial charge in [0.15, 0.2) is 0 Å². The summed E-state index contributed by atoms with van der Waals surface area (Å²) in [5, 5.41) is 0.598. The molecule has 1 amide bonds. The number of carbonyl (C=O) groups excluding carboxylic acids is 1. The van der Waals surface area contributed by atoms with Gasteiger partial charge in [0.1, 0.15) is 6.04 Å². The molecule has 0 radical (unpaired) electrons. The van der Waals surface area contributed by atoms with Crippen LogP contribution >= 0.6 is 11.6 Å². The third-order valence-corrected chi connectivity index (χ3v) is 3.73. The first-order valence-electron chi connectivity index (χ1n) is 6.71. The van der Waals surface area contributed by atoms with Crippen LogP contribution in [0.5, 0.6) is 0 Å². The van der Waals surface area contributed by atoms with E-state index in [1.807, 2.05) is 20.8 Å². The molecule has 0 saturated carbocycles. The van der Waals surface area contributed by atoms with Crippen molar-refractivity contribution >= 4 is 34.5 Å². The van der Waals surface area contributed by atoms with Gasteiger partial charge in [-0.15, -0.1) is 0 Å². The summed E-state index contributed by atoms with van der Waals surface area (Å²) in [5.41, 5.74) is 7.49. The number of hydrogen-bond donors (Lipinski definition) is 1. The Bertz CT molecular complexity index is 633. The van der Waals surface area contributed by atoms with Gasteiger partial charge >= 0.3 is 0 Å². The van der Waals surface area contributed by atoms with E-state index in [4.69, 9.17) is 17.3 Å². The molecule has 2 rings (SSSR count). The van der Waals surface area contributed by atoms with E-state index >= 15 is 0 Å². The van der Waals surface area contributed by atoms with Crippen molar-refractivity contribution in [3.8, 4) is 0 Å². The molecule has 0 saturated heterocycles. The quantitative estimate of drug-likeness (QED) is 0.943. The summed E-state index contributed by atoms with van der Waals surface area (Å²) in [6.07, 6.45) is 0. The maximum absolute atomic E-state index is 12.5. The molecular formula is C14H19ClN4O. The summed E-state index contributed by atoms with van der Waals surface area (Å²) in [7, 11) is 0. The molecule has 0 aliphatic heterocycles. The number of carbonyl (C=O) groups is 1. The molecule has 2 N–H and O–H groups in total. The number of amides is 1. The molecule has 5 nitrogen and oxygen atoms in total. The zero-order valence-electron chi connectivity index (χ0n) is 11.9. The Morgan fingerprint density at radius 1 is 1.45 bits per heavy atom. The number of hydrogen-bond acceptors (Lipinski definition) is 3. The smallest absolute Gasteiger partial charge is 0.245 e. The molecule has 2 aromatic rings. The summed E-state index contributed by atoms with van der Waals surface area (Å²) >= 11 is 6.02. The van der Waals surface area contributed by atoms with Crippen molar-refractivity contribution in [1.29, 1.82) is 0 Å². The van der Waals surface area contributed by atoms with Crippen molar-refractivity contribution in [1.82, 2.24) is 14.5 Å². The maximum atomic E-state index is 12.5. The number of anilines is 1. The van der Waals surface area contributed by atoms with E-state index in [9.17, 15) is 4.79 Å². The molecule has 20 heavy (non-hydrogen) atoms. The first-order valence-corrected chi connectivity index (χ1v) is 7.09. The number of benzene rings is 1. The molecule has 0 aliphatic carbocycles. The molecular weight excluding hydrogens is 276 g/mol. The van der Waals surface area contributed by atoms with Gasteiger partial charge in [-0.1, -0.05) is 11.6 Å². The van der Waals surface area contributed by atoms with Gasteiger partial charge in [0.25, 0.3) is 0 Å². The van der Waals surface area contributed by atoms with Crippen LogP contribution in [0.4, 0.5) is 5.95 Å². The standard InChI is InChI=1S/C14H19ClN4O/c1-4-18(5-2)13(20)9(3)19-12-8-10(15)6-7-11(12)17-14(19)16/h6-9H,4-5H2,1-3H3,(H2,16,17). The lowest BCUT2D eigenvalue weighted by Gasteiger charge is -2.24. The van der Waals surface area contributed by atoms with Crippen LogP contribution < -0.4 is 5.73 Å². The van der Waals surface area contributed by atoms with E-state index in [1.54, 1.807) is 27.7 Å². The number of rotatable bonds is 4. The molecule has 1 atom stereocenters. The Labute approximate surface area is 123 Å².